The number of hydrogen-bond donors (Lipinski definition) is 0. The van der Waals surface area contributed by atoms with Gasteiger partial charge in [0, 0.05) is 11.6 Å². The van der Waals surface area contributed by atoms with Crippen molar-refractivity contribution in [3.8, 4) is 5.69 Å². The van der Waals surface area contributed by atoms with Crippen LogP contribution in [0.5, 0.6) is 0 Å². The molecule has 3 rings (SSSR count). The van der Waals surface area contributed by atoms with Crippen molar-refractivity contribution in [2.24, 2.45) is 10.4 Å². The van der Waals surface area contributed by atoms with Gasteiger partial charge < -0.3 is 0 Å². The number of aromatic nitrogens is 2. The second kappa shape index (κ2) is 4.46. The van der Waals surface area contributed by atoms with Crippen molar-refractivity contribution in [3.63, 3.8) is 0 Å². The van der Waals surface area contributed by atoms with Crippen molar-refractivity contribution in [2.45, 2.75) is 19.8 Å². The van der Waals surface area contributed by atoms with E-state index in [-0.39, 0.29) is 11.3 Å². The highest BCUT2D eigenvalue weighted by molar-refractivity contribution is 5.85. The van der Waals surface area contributed by atoms with E-state index in [1.54, 1.807) is 10.9 Å². The lowest BCUT2D eigenvalue weighted by Crippen LogP contribution is -2.15. The number of para-hydroxylation sites is 1. The highest BCUT2D eigenvalue weighted by atomic mass is 16.1. The topological polar surface area (TPSA) is 47.2 Å². The Morgan fingerprint density at radius 1 is 1.26 bits per heavy atom. The minimum atomic E-state index is -0.217. The quantitative estimate of drug-likeness (QED) is 0.822. The molecule has 0 N–H and O–H groups in total. The molecular formula is C15H15N3O. The molecule has 1 aromatic heterocycles. The van der Waals surface area contributed by atoms with Crippen molar-refractivity contribution in [3.05, 3.63) is 54.1 Å². The maximum atomic E-state index is 11.9. The molecule has 19 heavy (non-hydrogen) atoms. The molecule has 1 fully saturated rings. The number of amides is 1. The zero-order valence-electron chi connectivity index (χ0n) is 10.8. The van der Waals surface area contributed by atoms with E-state index in [0.717, 1.165) is 18.5 Å². The molecule has 2 aromatic rings. The first-order chi connectivity index (χ1) is 9.17. The summed E-state index contributed by atoms with van der Waals surface area (Å²) in [6, 6.07) is 11.6. The minimum absolute atomic E-state index is 0.0354. The summed E-state index contributed by atoms with van der Waals surface area (Å²) in [4.78, 5) is 16.0. The molecule has 0 bridgehead atoms. The Kier molecular flexibility index (Phi) is 2.78. The molecule has 1 aliphatic carbocycles. The van der Waals surface area contributed by atoms with Crippen molar-refractivity contribution >= 4 is 5.91 Å². The van der Waals surface area contributed by atoms with Gasteiger partial charge in [-0.05, 0) is 31.0 Å². The predicted octanol–water partition coefficient (Wildman–Crippen LogP) is 2.10. The SMILES string of the molecule is CC1(C(=O)N=c2ccn(-c3ccccc3)nc2)CC1. The highest BCUT2D eigenvalue weighted by Gasteiger charge is 2.44. The fraction of sp³-hybridized carbons (Fsp3) is 0.267. The van der Waals surface area contributed by atoms with Crippen LogP contribution < -0.4 is 5.36 Å². The summed E-state index contributed by atoms with van der Waals surface area (Å²) in [5, 5.41) is 4.89. The van der Waals surface area contributed by atoms with E-state index in [1.165, 1.54) is 0 Å². The van der Waals surface area contributed by atoms with Crippen LogP contribution in [0, 0.1) is 5.41 Å². The Hall–Kier alpha value is -2.23. The van der Waals surface area contributed by atoms with Crippen LogP contribution in [0.4, 0.5) is 0 Å². The van der Waals surface area contributed by atoms with Gasteiger partial charge >= 0.3 is 0 Å². The summed E-state index contributed by atoms with van der Waals surface area (Å²) < 4.78 is 1.75. The fourth-order valence-corrected chi connectivity index (χ4v) is 1.80. The first kappa shape index (κ1) is 11.8. The zero-order valence-corrected chi connectivity index (χ0v) is 10.8. The van der Waals surface area contributed by atoms with Crippen LogP contribution in [0.2, 0.25) is 0 Å². The summed E-state index contributed by atoms with van der Waals surface area (Å²) >= 11 is 0. The molecule has 4 nitrogen and oxygen atoms in total. The van der Waals surface area contributed by atoms with Crippen LogP contribution in [-0.4, -0.2) is 15.7 Å². The number of rotatable bonds is 2. The lowest BCUT2D eigenvalue weighted by atomic mass is 10.1. The maximum Gasteiger partial charge on any atom is 0.252 e. The van der Waals surface area contributed by atoms with E-state index in [1.807, 2.05) is 49.5 Å². The van der Waals surface area contributed by atoms with E-state index in [9.17, 15) is 4.79 Å². The van der Waals surface area contributed by atoms with Gasteiger partial charge in [0.25, 0.3) is 5.91 Å². The molecule has 4 heteroatoms. The van der Waals surface area contributed by atoms with Crippen LogP contribution in [-0.2, 0) is 4.79 Å². The molecule has 1 aliphatic rings. The van der Waals surface area contributed by atoms with Crippen LogP contribution in [0.25, 0.3) is 5.69 Å². The second-order valence-corrected chi connectivity index (χ2v) is 5.14. The van der Waals surface area contributed by atoms with E-state index in [4.69, 9.17) is 0 Å². The molecule has 96 valence electrons. The van der Waals surface area contributed by atoms with Crippen molar-refractivity contribution < 1.29 is 4.79 Å². The van der Waals surface area contributed by atoms with Crippen molar-refractivity contribution in [2.75, 3.05) is 0 Å². The first-order valence-corrected chi connectivity index (χ1v) is 6.37. The molecule has 0 saturated heterocycles. The molecule has 1 aromatic carbocycles. The van der Waals surface area contributed by atoms with Gasteiger partial charge in [0.1, 0.15) is 0 Å². The minimum Gasteiger partial charge on any atom is -0.272 e. The molecule has 0 unspecified atom stereocenters. The normalized spacial score (nSPS) is 17.2. The fourth-order valence-electron chi connectivity index (χ4n) is 1.80. The standard InChI is InChI=1S/C15H15N3O/c1-15(8-9-15)14(19)17-12-7-10-18(16-11-12)13-5-3-2-4-6-13/h2-7,10-11H,8-9H2,1H3. The number of carbonyl (C=O) groups excluding carboxylic acids is 1. The Morgan fingerprint density at radius 2 is 2.00 bits per heavy atom. The molecule has 0 spiro atoms. The van der Waals surface area contributed by atoms with E-state index < -0.39 is 0 Å². The summed E-state index contributed by atoms with van der Waals surface area (Å²) in [5.41, 5.74) is 0.764. The molecule has 1 saturated carbocycles. The molecule has 1 heterocycles. The van der Waals surface area contributed by atoms with Gasteiger partial charge in [-0.1, -0.05) is 25.1 Å². The summed E-state index contributed by atoms with van der Waals surface area (Å²) in [5.74, 6) is -0.0354. The smallest absolute Gasteiger partial charge is 0.252 e. The van der Waals surface area contributed by atoms with Gasteiger partial charge in [0.15, 0.2) is 0 Å². The van der Waals surface area contributed by atoms with Gasteiger partial charge in [0.2, 0.25) is 0 Å². The Labute approximate surface area is 111 Å². The zero-order chi connectivity index (χ0) is 13.3. The third kappa shape index (κ3) is 2.47. The van der Waals surface area contributed by atoms with E-state index in [2.05, 4.69) is 10.1 Å². The Balaban J connectivity index is 1.87. The molecule has 0 radical (unpaired) electrons. The van der Waals surface area contributed by atoms with Crippen LogP contribution >= 0.6 is 0 Å². The first-order valence-electron chi connectivity index (χ1n) is 6.37. The Morgan fingerprint density at radius 3 is 2.58 bits per heavy atom. The van der Waals surface area contributed by atoms with E-state index in [0.29, 0.717) is 5.36 Å². The summed E-state index contributed by atoms with van der Waals surface area (Å²) in [6.45, 7) is 1.96. The summed E-state index contributed by atoms with van der Waals surface area (Å²) in [6.07, 6.45) is 5.33. The lowest BCUT2D eigenvalue weighted by Gasteiger charge is -2.04. The Bertz CT molecular complexity index is 649. The number of carbonyl (C=O) groups is 1. The third-order valence-corrected chi connectivity index (χ3v) is 3.47. The number of nitrogens with zero attached hydrogens (tertiary/aromatic N) is 3. The lowest BCUT2D eigenvalue weighted by molar-refractivity contribution is -0.122. The van der Waals surface area contributed by atoms with Gasteiger partial charge in [-0.15, -0.1) is 0 Å². The van der Waals surface area contributed by atoms with E-state index >= 15 is 0 Å². The average Bonchev–Trinajstić information content (AvgIpc) is 3.20. The molecule has 0 atom stereocenters. The van der Waals surface area contributed by atoms with Gasteiger partial charge in [0.05, 0.1) is 17.2 Å². The monoisotopic (exact) mass is 253 g/mol. The number of benzene rings is 1. The number of hydrogen-bond acceptors (Lipinski definition) is 2. The summed E-state index contributed by atoms with van der Waals surface area (Å²) in [7, 11) is 0. The van der Waals surface area contributed by atoms with Gasteiger partial charge in [-0.3, -0.25) is 4.79 Å². The van der Waals surface area contributed by atoms with Gasteiger partial charge in [-0.2, -0.15) is 5.10 Å². The van der Waals surface area contributed by atoms with Crippen LogP contribution in [0.15, 0.2) is 53.8 Å². The highest BCUT2D eigenvalue weighted by Crippen LogP contribution is 2.45. The van der Waals surface area contributed by atoms with Gasteiger partial charge in [-0.25, -0.2) is 9.67 Å². The average molecular weight is 253 g/mol. The maximum absolute atomic E-state index is 11.9. The van der Waals surface area contributed by atoms with Crippen molar-refractivity contribution in [1.29, 1.82) is 0 Å². The largest absolute Gasteiger partial charge is 0.272 e. The van der Waals surface area contributed by atoms with Crippen molar-refractivity contribution in [1.82, 2.24) is 9.78 Å². The molecule has 1 amide bonds. The van der Waals surface area contributed by atoms with Crippen LogP contribution in [0.1, 0.15) is 19.8 Å². The predicted molar refractivity (Wildman–Crippen MR) is 71.5 cm³/mol. The third-order valence-electron chi connectivity index (χ3n) is 3.47. The second-order valence-electron chi connectivity index (χ2n) is 5.14. The molecule has 0 aliphatic heterocycles. The molecular weight excluding hydrogens is 238 g/mol. The van der Waals surface area contributed by atoms with Crippen LogP contribution in [0.3, 0.4) is 0 Å².